The summed E-state index contributed by atoms with van der Waals surface area (Å²) in [6, 6.07) is 8.06. The molecular weight excluding hydrogens is 258 g/mol. The maximum Gasteiger partial charge on any atom is 0.336 e. The third-order valence-corrected chi connectivity index (χ3v) is 3.49. The predicted molar refractivity (Wildman–Crippen MR) is 74.9 cm³/mol. The van der Waals surface area contributed by atoms with Crippen LogP contribution < -0.4 is 4.74 Å². The van der Waals surface area contributed by atoms with Gasteiger partial charge in [0.2, 0.25) is 0 Å². The average Bonchev–Trinajstić information content (AvgIpc) is 2.53. The second kappa shape index (κ2) is 7.26. The lowest BCUT2D eigenvalue weighted by Crippen LogP contribution is -2.47. The van der Waals surface area contributed by atoms with Crippen LogP contribution in [0.1, 0.15) is 5.56 Å². The van der Waals surface area contributed by atoms with Crippen molar-refractivity contribution in [1.29, 1.82) is 0 Å². The number of carbonyl (C=O) groups is 1. The van der Waals surface area contributed by atoms with Crippen LogP contribution in [0, 0.1) is 0 Å². The Morgan fingerprint density at radius 1 is 1.35 bits per heavy atom. The van der Waals surface area contributed by atoms with Gasteiger partial charge < -0.3 is 14.2 Å². The highest BCUT2D eigenvalue weighted by Crippen LogP contribution is 2.13. The van der Waals surface area contributed by atoms with E-state index in [9.17, 15) is 4.79 Å². The SMILES string of the molecule is COC(=O)C1CN(CCc2ccc(OC)cc2)CCO1. The first-order chi connectivity index (χ1) is 9.72. The number of esters is 1. The van der Waals surface area contributed by atoms with E-state index in [1.54, 1.807) is 7.11 Å². The standard InChI is InChI=1S/C15H21NO4/c1-18-13-5-3-12(4-6-13)7-8-16-9-10-20-14(11-16)15(17)19-2/h3-6,14H,7-11H2,1-2H3. The van der Waals surface area contributed by atoms with E-state index in [0.29, 0.717) is 13.2 Å². The summed E-state index contributed by atoms with van der Waals surface area (Å²) in [5.41, 5.74) is 1.26. The van der Waals surface area contributed by atoms with Gasteiger partial charge in [-0.3, -0.25) is 4.90 Å². The number of methoxy groups -OCH3 is 2. The van der Waals surface area contributed by atoms with Crippen LogP contribution in [-0.4, -0.2) is 57.4 Å². The van der Waals surface area contributed by atoms with Crippen LogP contribution in [0.4, 0.5) is 0 Å². The van der Waals surface area contributed by atoms with Crippen LogP contribution in [0.2, 0.25) is 0 Å². The smallest absolute Gasteiger partial charge is 0.336 e. The fraction of sp³-hybridized carbons (Fsp3) is 0.533. The quantitative estimate of drug-likeness (QED) is 0.756. The zero-order valence-corrected chi connectivity index (χ0v) is 12.0. The number of ether oxygens (including phenoxy) is 3. The number of hydrogen-bond donors (Lipinski definition) is 0. The van der Waals surface area contributed by atoms with Crippen molar-refractivity contribution in [3.8, 4) is 5.75 Å². The van der Waals surface area contributed by atoms with Gasteiger partial charge in [-0.25, -0.2) is 4.79 Å². The molecule has 1 unspecified atom stereocenters. The molecule has 1 atom stereocenters. The minimum atomic E-state index is -0.454. The van der Waals surface area contributed by atoms with Gasteiger partial charge in [0, 0.05) is 19.6 Å². The van der Waals surface area contributed by atoms with E-state index in [-0.39, 0.29) is 5.97 Å². The lowest BCUT2D eigenvalue weighted by Gasteiger charge is -2.31. The number of rotatable bonds is 5. The molecule has 1 aliphatic rings. The lowest BCUT2D eigenvalue weighted by molar-refractivity contribution is -0.159. The van der Waals surface area contributed by atoms with E-state index in [1.807, 2.05) is 12.1 Å². The molecule has 0 spiro atoms. The molecule has 0 bridgehead atoms. The maximum atomic E-state index is 11.5. The van der Waals surface area contributed by atoms with Crippen LogP contribution >= 0.6 is 0 Å². The highest BCUT2D eigenvalue weighted by molar-refractivity contribution is 5.74. The molecular formula is C15H21NO4. The maximum absolute atomic E-state index is 11.5. The van der Waals surface area contributed by atoms with Crippen molar-refractivity contribution in [2.24, 2.45) is 0 Å². The van der Waals surface area contributed by atoms with Gasteiger partial charge in [-0.15, -0.1) is 0 Å². The van der Waals surface area contributed by atoms with Gasteiger partial charge in [-0.1, -0.05) is 12.1 Å². The third kappa shape index (κ3) is 3.95. The van der Waals surface area contributed by atoms with E-state index < -0.39 is 6.10 Å². The molecule has 0 radical (unpaired) electrons. The zero-order valence-electron chi connectivity index (χ0n) is 12.0. The molecule has 0 N–H and O–H groups in total. The van der Waals surface area contributed by atoms with Crippen molar-refractivity contribution in [1.82, 2.24) is 4.90 Å². The molecule has 110 valence electrons. The normalized spacial score (nSPS) is 19.6. The first kappa shape index (κ1) is 14.8. The van der Waals surface area contributed by atoms with Crippen molar-refractivity contribution in [2.75, 3.05) is 40.5 Å². The van der Waals surface area contributed by atoms with Gasteiger partial charge in [0.1, 0.15) is 5.75 Å². The molecule has 1 aromatic rings. The lowest BCUT2D eigenvalue weighted by atomic mass is 10.1. The van der Waals surface area contributed by atoms with Gasteiger partial charge in [-0.05, 0) is 24.1 Å². The monoisotopic (exact) mass is 279 g/mol. The average molecular weight is 279 g/mol. The van der Waals surface area contributed by atoms with Gasteiger partial charge in [-0.2, -0.15) is 0 Å². The number of nitrogens with zero attached hydrogens (tertiary/aromatic N) is 1. The molecule has 1 heterocycles. The highest BCUT2D eigenvalue weighted by Gasteiger charge is 2.26. The molecule has 20 heavy (non-hydrogen) atoms. The summed E-state index contributed by atoms with van der Waals surface area (Å²) in [4.78, 5) is 13.7. The van der Waals surface area contributed by atoms with Crippen molar-refractivity contribution < 1.29 is 19.0 Å². The third-order valence-electron chi connectivity index (χ3n) is 3.49. The van der Waals surface area contributed by atoms with Crippen molar-refractivity contribution in [3.05, 3.63) is 29.8 Å². The van der Waals surface area contributed by atoms with Crippen molar-refractivity contribution in [2.45, 2.75) is 12.5 Å². The Balaban J connectivity index is 1.82. The molecule has 1 aromatic carbocycles. The minimum Gasteiger partial charge on any atom is -0.497 e. The molecule has 0 aliphatic carbocycles. The Kier molecular flexibility index (Phi) is 5.38. The summed E-state index contributed by atoms with van der Waals surface area (Å²) in [6.07, 6.45) is 0.488. The molecule has 0 saturated carbocycles. The van der Waals surface area contributed by atoms with E-state index in [0.717, 1.165) is 25.3 Å². The van der Waals surface area contributed by atoms with Gasteiger partial charge in [0.15, 0.2) is 6.10 Å². The Bertz CT molecular complexity index is 432. The van der Waals surface area contributed by atoms with Gasteiger partial charge in [0.05, 0.1) is 20.8 Å². The first-order valence-corrected chi connectivity index (χ1v) is 6.77. The Labute approximate surface area is 119 Å². The molecule has 1 fully saturated rings. The second-order valence-corrected chi connectivity index (χ2v) is 4.78. The van der Waals surface area contributed by atoms with E-state index in [1.165, 1.54) is 12.7 Å². The Morgan fingerprint density at radius 2 is 2.10 bits per heavy atom. The molecule has 0 aromatic heterocycles. The highest BCUT2D eigenvalue weighted by atomic mass is 16.6. The predicted octanol–water partition coefficient (Wildman–Crippen LogP) is 1.11. The number of hydrogen-bond acceptors (Lipinski definition) is 5. The van der Waals surface area contributed by atoms with Crippen LogP contribution in [0.5, 0.6) is 5.75 Å². The van der Waals surface area contributed by atoms with Crippen LogP contribution in [-0.2, 0) is 20.7 Å². The van der Waals surface area contributed by atoms with E-state index >= 15 is 0 Å². The van der Waals surface area contributed by atoms with Crippen molar-refractivity contribution in [3.63, 3.8) is 0 Å². The fourth-order valence-electron chi connectivity index (χ4n) is 2.26. The van der Waals surface area contributed by atoms with Gasteiger partial charge >= 0.3 is 5.97 Å². The fourth-order valence-corrected chi connectivity index (χ4v) is 2.26. The summed E-state index contributed by atoms with van der Waals surface area (Å²) in [6.45, 7) is 2.93. The zero-order chi connectivity index (χ0) is 14.4. The molecule has 5 nitrogen and oxygen atoms in total. The summed E-state index contributed by atoms with van der Waals surface area (Å²) in [5.74, 6) is 0.574. The number of morpholine rings is 1. The van der Waals surface area contributed by atoms with Crippen molar-refractivity contribution >= 4 is 5.97 Å². The molecule has 1 aliphatic heterocycles. The summed E-state index contributed by atoms with van der Waals surface area (Å²) < 4.78 is 15.3. The Hall–Kier alpha value is -1.59. The summed E-state index contributed by atoms with van der Waals surface area (Å²) >= 11 is 0. The van der Waals surface area contributed by atoms with E-state index in [4.69, 9.17) is 14.2 Å². The summed E-state index contributed by atoms with van der Waals surface area (Å²) in [7, 11) is 3.05. The number of carbonyl (C=O) groups excluding carboxylic acids is 1. The topological polar surface area (TPSA) is 48.0 Å². The minimum absolute atomic E-state index is 0.292. The van der Waals surface area contributed by atoms with Crippen LogP contribution in [0.3, 0.4) is 0 Å². The van der Waals surface area contributed by atoms with Gasteiger partial charge in [0.25, 0.3) is 0 Å². The molecule has 1 saturated heterocycles. The van der Waals surface area contributed by atoms with E-state index in [2.05, 4.69) is 17.0 Å². The molecule has 5 heteroatoms. The van der Waals surface area contributed by atoms with Crippen LogP contribution in [0.25, 0.3) is 0 Å². The number of benzene rings is 1. The summed E-state index contributed by atoms with van der Waals surface area (Å²) in [5, 5.41) is 0. The Morgan fingerprint density at radius 3 is 2.75 bits per heavy atom. The molecule has 2 rings (SSSR count). The molecule has 0 amide bonds. The second-order valence-electron chi connectivity index (χ2n) is 4.78. The van der Waals surface area contributed by atoms with Crippen LogP contribution in [0.15, 0.2) is 24.3 Å². The first-order valence-electron chi connectivity index (χ1n) is 6.77. The largest absolute Gasteiger partial charge is 0.497 e.